The van der Waals surface area contributed by atoms with Gasteiger partial charge in [0.1, 0.15) is 16.6 Å². The molecule has 0 aliphatic rings. The summed E-state index contributed by atoms with van der Waals surface area (Å²) in [4.78, 5) is 26.3. The van der Waals surface area contributed by atoms with E-state index in [-0.39, 0.29) is 4.31 Å². The summed E-state index contributed by atoms with van der Waals surface area (Å²) in [5, 5.41) is 19.7. The molecule has 1 aromatic carbocycles. The number of rotatable bonds is 7. The maximum atomic E-state index is 14.5. The van der Waals surface area contributed by atoms with Crippen LogP contribution in [0.1, 0.15) is 10.5 Å². The molecule has 0 unspecified atom stereocenters. The van der Waals surface area contributed by atoms with E-state index in [1.165, 1.54) is 0 Å². The average molecular weight is 434 g/mol. The average Bonchev–Trinajstić information content (AvgIpc) is 3.06. The highest BCUT2D eigenvalue weighted by molar-refractivity contribution is 7.74. The molecule has 0 aliphatic heterocycles. The summed E-state index contributed by atoms with van der Waals surface area (Å²) < 4.78 is 52.2. The van der Waals surface area contributed by atoms with E-state index in [9.17, 15) is 26.8 Å². The van der Waals surface area contributed by atoms with Crippen molar-refractivity contribution >= 4 is 56.4 Å². The molecule has 6 N–H and O–H groups in total. The monoisotopic (exact) mass is 434 g/mol. The van der Waals surface area contributed by atoms with Crippen LogP contribution in [-0.4, -0.2) is 42.9 Å². The molecule has 0 bridgehead atoms. The highest BCUT2D eigenvalue weighted by Crippen LogP contribution is 2.35. The quantitative estimate of drug-likeness (QED) is 0.203. The van der Waals surface area contributed by atoms with Gasteiger partial charge in [0, 0.05) is 12.1 Å². The fraction of sp³-hybridized carbons (Fsp3) is 0.0769. The van der Waals surface area contributed by atoms with Gasteiger partial charge in [0.05, 0.1) is 23.4 Å². The summed E-state index contributed by atoms with van der Waals surface area (Å²) in [5.41, 5.74) is 3.99. The van der Waals surface area contributed by atoms with Crippen LogP contribution in [0.4, 0.5) is 25.2 Å². The number of carboxylic acid groups (broad SMARTS) is 1. The van der Waals surface area contributed by atoms with Gasteiger partial charge in [0.25, 0.3) is 0 Å². The SMILES string of the molecule is N=C(N)NCC(=O)Nc1cc(F)c(N(c2scnc2C(=O)O)[SH](=O)=O)cc1F. The lowest BCUT2D eigenvalue weighted by Crippen LogP contribution is -2.37. The summed E-state index contributed by atoms with van der Waals surface area (Å²) in [6.45, 7) is -0.487. The molecular weight excluding hydrogens is 422 g/mol. The second-order valence-electron chi connectivity index (χ2n) is 4.96. The van der Waals surface area contributed by atoms with Gasteiger partial charge in [-0.05, 0) is 0 Å². The third-order valence-corrected chi connectivity index (χ3v) is 4.77. The Morgan fingerprint density at radius 1 is 1.32 bits per heavy atom. The van der Waals surface area contributed by atoms with E-state index in [1.54, 1.807) is 0 Å². The van der Waals surface area contributed by atoms with Crippen molar-refractivity contribution in [1.29, 1.82) is 5.41 Å². The standard InChI is InChI=1S/C13H12F2N6O5S2/c14-5-2-8(6(15)1-7(5)20-9(22)3-18-13(16)17)21(28(25)26)11-10(12(23)24)19-4-27-11/h1-2,4,28H,3H2,(H,20,22)(H,23,24)(H4,16,17,18). The van der Waals surface area contributed by atoms with E-state index in [2.05, 4.69) is 10.3 Å². The Kier molecular flexibility index (Phi) is 6.42. The van der Waals surface area contributed by atoms with Crippen LogP contribution in [0.5, 0.6) is 0 Å². The second-order valence-corrected chi connectivity index (χ2v) is 6.67. The molecule has 2 aromatic rings. The Morgan fingerprint density at radius 3 is 2.57 bits per heavy atom. The Hall–Kier alpha value is -3.33. The minimum atomic E-state index is -3.60. The number of benzene rings is 1. The number of amides is 1. The van der Waals surface area contributed by atoms with Crippen LogP contribution in [0.15, 0.2) is 17.6 Å². The number of thiazole rings is 1. The van der Waals surface area contributed by atoms with Gasteiger partial charge in [-0.2, -0.15) is 0 Å². The van der Waals surface area contributed by atoms with Crippen LogP contribution in [0.3, 0.4) is 0 Å². The maximum absolute atomic E-state index is 14.5. The molecule has 0 atom stereocenters. The van der Waals surface area contributed by atoms with Crippen molar-refractivity contribution in [1.82, 2.24) is 10.3 Å². The Balaban J connectivity index is 2.41. The summed E-state index contributed by atoms with van der Waals surface area (Å²) in [5.74, 6) is -5.34. The third kappa shape index (κ3) is 4.68. The summed E-state index contributed by atoms with van der Waals surface area (Å²) >= 11 is 0.599. The van der Waals surface area contributed by atoms with E-state index in [1.807, 2.05) is 5.32 Å². The molecule has 0 saturated carbocycles. The number of hydrogen-bond donors (Lipinski definition) is 6. The molecule has 1 aromatic heterocycles. The number of carbonyl (C=O) groups is 2. The van der Waals surface area contributed by atoms with Gasteiger partial charge in [0.15, 0.2) is 11.7 Å². The summed E-state index contributed by atoms with van der Waals surface area (Å²) in [6, 6.07) is 1.02. The summed E-state index contributed by atoms with van der Waals surface area (Å²) in [7, 11) is -3.60. The van der Waals surface area contributed by atoms with Crippen molar-refractivity contribution in [3.63, 3.8) is 0 Å². The predicted molar refractivity (Wildman–Crippen MR) is 96.4 cm³/mol. The molecule has 0 aliphatic carbocycles. The zero-order valence-corrected chi connectivity index (χ0v) is 15.3. The van der Waals surface area contributed by atoms with Gasteiger partial charge in [0.2, 0.25) is 16.8 Å². The zero-order valence-electron chi connectivity index (χ0n) is 13.6. The van der Waals surface area contributed by atoms with E-state index in [4.69, 9.17) is 16.2 Å². The number of carboxylic acids is 1. The van der Waals surface area contributed by atoms with E-state index in [0.29, 0.717) is 23.5 Å². The van der Waals surface area contributed by atoms with Crippen molar-refractivity contribution in [3.05, 3.63) is 35.0 Å². The van der Waals surface area contributed by atoms with Gasteiger partial charge >= 0.3 is 5.97 Å². The first-order chi connectivity index (χ1) is 13.1. The number of guanidine groups is 1. The smallest absolute Gasteiger partial charge is 0.357 e. The number of hydrogen-bond acceptors (Lipinski definition) is 7. The number of aromatic nitrogens is 1. The number of nitrogens with zero attached hydrogens (tertiary/aromatic N) is 2. The highest BCUT2D eigenvalue weighted by Gasteiger charge is 2.26. The molecular formula is C13H12F2N6O5S2. The van der Waals surface area contributed by atoms with E-state index < -0.39 is 69.0 Å². The third-order valence-electron chi connectivity index (χ3n) is 3.09. The molecule has 150 valence electrons. The lowest BCUT2D eigenvalue weighted by Gasteiger charge is -2.18. The topological polar surface area (TPSA) is 179 Å². The first kappa shape index (κ1) is 21.0. The van der Waals surface area contributed by atoms with Crippen LogP contribution in [0.2, 0.25) is 0 Å². The van der Waals surface area contributed by atoms with Crippen molar-refractivity contribution < 1.29 is 31.9 Å². The first-order valence-corrected chi connectivity index (χ1v) is 9.10. The van der Waals surface area contributed by atoms with Gasteiger partial charge in [-0.25, -0.2) is 31.3 Å². The fourth-order valence-corrected chi connectivity index (χ4v) is 3.59. The van der Waals surface area contributed by atoms with Crippen LogP contribution < -0.4 is 20.7 Å². The number of nitrogens with two attached hydrogens (primary N) is 1. The molecule has 0 saturated heterocycles. The number of aromatic carboxylic acids is 1. The molecule has 0 spiro atoms. The first-order valence-electron chi connectivity index (χ1n) is 7.09. The summed E-state index contributed by atoms with van der Waals surface area (Å²) in [6.07, 6.45) is 0. The van der Waals surface area contributed by atoms with E-state index in [0.717, 1.165) is 5.51 Å². The molecule has 0 fully saturated rings. The molecule has 1 amide bonds. The molecule has 28 heavy (non-hydrogen) atoms. The second kappa shape index (κ2) is 8.57. The molecule has 15 heteroatoms. The Morgan fingerprint density at radius 2 is 2.00 bits per heavy atom. The minimum absolute atomic E-state index is 0.276. The van der Waals surface area contributed by atoms with Gasteiger partial charge < -0.3 is 21.5 Å². The number of thiol groups is 1. The number of carbonyl (C=O) groups excluding carboxylic acids is 1. The van der Waals surface area contributed by atoms with E-state index >= 15 is 0 Å². The van der Waals surface area contributed by atoms with Crippen molar-refractivity contribution in [3.8, 4) is 0 Å². The molecule has 2 rings (SSSR count). The molecule has 11 nitrogen and oxygen atoms in total. The van der Waals surface area contributed by atoms with Crippen molar-refractivity contribution in [2.75, 3.05) is 16.2 Å². The van der Waals surface area contributed by atoms with Crippen LogP contribution >= 0.6 is 11.3 Å². The van der Waals surface area contributed by atoms with Crippen LogP contribution in [-0.2, 0) is 15.7 Å². The van der Waals surface area contributed by atoms with Crippen LogP contribution in [0, 0.1) is 17.0 Å². The van der Waals surface area contributed by atoms with Crippen LogP contribution in [0.25, 0.3) is 0 Å². The highest BCUT2D eigenvalue weighted by atomic mass is 32.2. The molecule has 0 radical (unpaired) electrons. The van der Waals surface area contributed by atoms with Gasteiger partial charge in [-0.15, -0.1) is 11.3 Å². The lowest BCUT2D eigenvalue weighted by molar-refractivity contribution is -0.115. The molecule has 1 heterocycles. The number of nitrogens with one attached hydrogen (secondary N) is 3. The Labute approximate surface area is 161 Å². The number of anilines is 3. The fourth-order valence-electron chi connectivity index (χ4n) is 1.97. The minimum Gasteiger partial charge on any atom is -0.476 e. The van der Waals surface area contributed by atoms with Crippen molar-refractivity contribution in [2.24, 2.45) is 5.73 Å². The lowest BCUT2D eigenvalue weighted by atomic mass is 10.2. The number of halogens is 2. The van der Waals surface area contributed by atoms with Gasteiger partial charge in [-0.3, -0.25) is 10.2 Å². The van der Waals surface area contributed by atoms with Crippen molar-refractivity contribution in [2.45, 2.75) is 0 Å². The maximum Gasteiger partial charge on any atom is 0.357 e. The zero-order chi connectivity index (χ0) is 21.0. The predicted octanol–water partition coefficient (Wildman–Crippen LogP) is 0.206. The normalized spacial score (nSPS) is 10.5. The van der Waals surface area contributed by atoms with Gasteiger partial charge in [-0.1, -0.05) is 0 Å². The Bertz CT molecular complexity index is 1020. The largest absolute Gasteiger partial charge is 0.476 e.